The van der Waals surface area contributed by atoms with Crippen molar-refractivity contribution in [2.75, 3.05) is 39.3 Å². The second-order valence-corrected chi connectivity index (χ2v) is 10.1. The fourth-order valence-corrected chi connectivity index (χ4v) is 6.08. The number of amides is 4. The van der Waals surface area contributed by atoms with Crippen LogP contribution in [-0.4, -0.2) is 88.9 Å². The first kappa shape index (κ1) is 25.8. The van der Waals surface area contributed by atoms with Crippen LogP contribution in [-0.2, 0) is 27.3 Å². The van der Waals surface area contributed by atoms with E-state index in [1.807, 2.05) is 6.07 Å². The van der Waals surface area contributed by atoms with Gasteiger partial charge in [0.15, 0.2) is 10.2 Å². The molecule has 2 aromatic rings. The highest BCUT2D eigenvalue weighted by Crippen LogP contribution is 2.49. The number of hydrogen-bond acceptors (Lipinski definition) is 9. The number of hydrogen-bond donors (Lipinski definition) is 2. The zero-order chi connectivity index (χ0) is 27.4. The maximum Gasteiger partial charge on any atom is 0.332 e. The quantitative estimate of drug-likeness (QED) is 0.331. The number of carbonyl (C=O) groups excluding carboxylic acids is 3. The minimum atomic E-state index is -1.41. The first-order chi connectivity index (χ1) is 18.1. The molecule has 0 bridgehead atoms. The van der Waals surface area contributed by atoms with E-state index in [2.05, 4.69) is 14.9 Å². The summed E-state index contributed by atoms with van der Waals surface area (Å²) >= 11 is 5.14. The molecule has 3 aliphatic rings. The Morgan fingerprint density at radius 2 is 1.92 bits per heavy atom. The number of aliphatic imine (C=N–C) groups is 1. The number of rotatable bonds is 5. The van der Waals surface area contributed by atoms with Crippen LogP contribution in [0.3, 0.4) is 0 Å². The van der Waals surface area contributed by atoms with Gasteiger partial charge in [0.05, 0.1) is 24.9 Å². The molecule has 1 spiro atoms. The van der Waals surface area contributed by atoms with Crippen LogP contribution in [0.15, 0.2) is 28.0 Å². The Morgan fingerprint density at radius 1 is 1.21 bits per heavy atom. The molecular formula is C25H28N6O6S. The Kier molecular flexibility index (Phi) is 6.43. The molecule has 4 amide bonds. The molecule has 0 radical (unpaired) electrons. The smallest absolute Gasteiger partial charge is 0.332 e. The van der Waals surface area contributed by atoms with E-state index >= 15 is 0 Å². The Morgan fingerprint density at radius 3 is 2.61 bits per heavy atom. The molecule has 2 N–H and O–H groups in total. The Labute approximate surface area is 223 Å². The number of benzene rings is 1. The van der Waals surface area contributed by atoms with Crippen LogP contribution in [0.1, 0.15) is 24.0 Å². The molecule has 1 unspecified atom stereocenters. The largest absolute Gasteiger partial charge is 0.494 e. The van der Waals surface area contributed by atoms with E-state index in [9.17, 15) is 24.3 Å². The topological polar surface area (TPSA) is 141 Å². The number of aromatic hydroxyl groups is 1. The highest BCUT2D eigenvalue weighted by molar-refractivity contribution is 7.71. The molecule has 38 heavy (non-hydrogen) atoms. The zero-order valence-electron chi connectivity index (χ0n) is 21.3. The predicted octanol–water partition coefficient (Wildman–Crippen LogP) is 1.57. The third-order valence-electron chi connectivity index (χ3n) is 7.68. The summed E-state index contributed by atoms with van der Waals surface area (Å²) in [5.41, 5.74) is 0.0528. The number of aromatic amines is 1. The Bertz CT molecular complexity index is 1470. The summed E-state index contributed by atoms with van der Waals surface area (Å²) in [7, 11) is 4.32. The number of methoxy groups -OCH3 is 1. The third kappa shape index (κ3) is 3.76. The monoisotopic (exact) mass is 540 g/mol. The second kappa shape index (κ2) is 9.48. The summed E-state index contributed by atoms with van der Waals surface area (Å²) in [6.45, 7) is 1.20. The number of barbiturate groups is 1. The van der Waals surface area contributed by atoms with Crippen LogP contribution < -0.4 is 10.5 Å². The van der Waals surface area contributed by atoms with E-state index < -0.39 is 28.8 Å². The third-order valence-corrected chi connectivity index (χ3v) is 8.00. The number of H-pyrrole nitrogens is 1. The second-order valence-electron chi connectivity index (χ2n) is 9.72. The number of nitrogens with one attached hydrogen (secondary N) is 1. The van der Waals surface area contributed by atoms with Gasteiger partial charge < -0.3 is 14.7 Å². The Balaban J connectivity index is 1.54. The van der Waals surface area contributed by atoms with Crippen LogP contribution in [0.25, 0.3) is 0 Å². The van der Waals surface area contributed by atoms with Crippen molar-refractivity contribution in [2.45, 2.75) is 31.8 Å². The maximum absolute atomic E-state index is 13.5. The highest BCUT2D eigenvalue weighted by atomic mass is 32.1. The number of imide groups is 2. The molecule has 1 atom stereocenters. The van der Waals surface area contributed by atoms with Crippen LogP contribution in [0.2, 0.25) is 0 Å². The lowest BCUT2D eigenvalue weighted by molar-refractivity contribution is -0.159. The van der Waals surface area contributed by atoms with Gasteiger partial charge in [-0.05, 0) is 55.2 Å². The van der Waals surface area contributed by atoms with E-state index in [1.165, 1.54) is 32.0 Å². The van der Waals surface area contributed by atoms with Gasteiger partial charge >= 0.3 is 6.03 Å². The maximum atomic E-state index is 13.5. The predicted molar refractivity (Wildman–Crippen MR) is 141 cm³/mol. The van der Waals surface area contributed by atoms with Crippen molar-refractivity contribution in [3.8, 4) is 5.88 Å². The molecule has 200 valence electrons. The van der Waals surface area contributed by atoms with Crippen molar-refractivity contribution >= 4 is 47.7 Å². The lowest BCUT2D eigenvalue weighted by atomic mass is 9.68. The van der Waals surface area contributed by atoms with Gasteiger partial charge in [0, 0.05) is 39.7 Å². The number of anilines is 1. The van der Waals surface area contributed by atoms with Crippen molar-refractivity contribution in [3.63, 3.8) is 0 Å². The van der Waals surface area contributed by atoms with Crippen LogP contribution in [0, 0.1) is 10.2 Å². The lowest BCUT2D eigenvalue weighted by Gasteiger charge is -2.50. The number of urea groups is 1. The van der Waals surface area contributed by atoms with E-state index in [0.29, 0.717) is 18.7 Å². The first-order valence-electron chi connectivity index (χ1n) is 12.2. The van der Waals surface area contributed by atoms with Gasteiger partial charge in [0.25, 0.3) is 5.56 Å². The van der Waals surface area contributed by atoms with E-state index in [0.717, 1.165) is 27.5 Å². The number of nitrogens with zero attached hydrogens (tertiary/aromatic N) is 5. The standard InChI is InChI=1S/C25H28N6O6S/c1-28-21(34)25(22(35)29(2)24(28)36)12-14-11-15(6-7-17(14)30-8-4-5-18(25)30)26-13-16-19(32)27-23(38)31(20(16)33)9-10-37-3/h6-7,11,13,18,33H,4-5,8-10,12H2,1-3H3,(H,27,32,38). The molecule has 1 aromatic heterocycles. The van der Waals surface area contributed by atoms with E-state index in [4.69, 9.17) is 17.0 Å². The summed E-state index contributed by atoms with van der Waals surface area (Å²) in [6.07, 6.45) is 2.86. The number of carbonyl (C=O) groups is 3. The summed E-state index contributed by atoms with van der Waals surface area (Å²) in [5, 5.41) is 10.7. The van der Waals surface area contributed by atoms with Gasteiger partial charge in [-0.2, -0.15) is 0 Å². The van der Waals surface area contributed by atoms with Gasteiger partial charge in [0.2, 0.25) is 17.7 Å². The molecular weight excluding hydrogens is 512 g/mol. The SMILES string of the molecule is COCCn1c(O)c(C=Nc2ccc3c(c2)CC2(C(=O)N(C)C(=O)N(C)C2=O)C2CCCN32)c(=O)[nH]c1=S. The molecule has 2 fully saturated rings. The van der Waals surface area contributed by atoms with Crippen LogP contribution in [0.4, 0.5) is 16.2 Å². The first-order valence-corrected chi connectivity index (χ1v) is 12.6. The summed E-state index contributed by atoms with van der Waals surface area (Å²) in [6, 6.07) is 4.44. The van der Waals surface area contributed by atoms with Crippen LogP contribution in [0.5, 0.6) is 5.88 Å². The molecule has 5 rings (SSSR count). The number of aromatic nitrogens is 2. The minimum absolute atomic E-state index is 0.0659. The number of fused-ring (bicyclic) bond motifs is 4. The van der Waals surface area contributed by atoms with Crippen LogP contribution >= 0.6 is 12.2 Å². The average molecular weight is 541 g/mol. The zero-order valence-corrected chi connectivity index (χ0v) is 22.1. The van der Waals surface area contributed by atoms with Crippen molar-refractivity contribution in [2.24, 2.45) is 10.4 Å². The van der Waals surface area contributed by atoms with Gasteiger partial charge in [-0.1, -0.05) is 0 Å². The molecule has 3 aliphatic heterocycles. The average Bonchev–Trinajstić information content (AvgIpc) is 3.40. The van der Waals surface area contributed by atoms with Gasteiger partial charge in [0.1, 0.15) is 5.56 Å². The fourth-order valence-electron chi connectivity index (χ4n) is 5.81. The molecule has 1 aromatic carbocycles. The van der Waals surface area contributed by atoms with Crippen molar-refractivity contribution in [1.29, 1.82) is 0 Å². The molecule has 0 aliphatic carbocycles. The molecule has 0 saturated carbocycles. The lowest BCUT2D eigenvalue weighted by Crippen LogP contribution is -2.70. The van der Waals surface area contributed by atoms with Gasteiger partial charge in [-0.15, -0.1) is 0 Å². The number of ether oxygens (including phenoxy) is 1. The molecule has 12 nitrogen and oxygen atoms in total. The molecule has 4 heterocycles. The van der Waals surface area contributed by atoms with E-state index in [1.54, 1.807) is 12.1 Å². The van der Waals surface area contributed by atoms with Gasteiger partial charge in [-0.25, -0.2) is 4.79 Å². The van der Waals surface area contributed by atoms with Crippen molar-refractivity contribution in [1.82, 2.24) is 19.4 Å². The fraction of sp³-hybridized carbons (Fsp3) is 0.440. The van der Waals surface area contributed by atoms with Gasteiger partial charge in [-0.3, -0.25) is 38.7 Å². The Hall–Kier alpha value is -3.84. The molecule has 2 saturated heterocycles. The van der Waals surface area contributed by atoms with Crippen molar-refractivity contribution < 1.29 is 24.2 Å². The summed E-state index contributed by atoms with van der Waals surface area (Å²) in [4.78, 5) is 63.1. The highest BCUT2D eigenvalue weighted by Gasteiger charge is 2.63. The van der Waals surface area contributed by atoms with Crippen molar-refractivity contribution in [3.05, 3.63) is 44.5 Å². The summed E-state index contributed by atoms with van der Waals surface area (Å²) in [5.74, 6) is -1.32. The van der Waals surface area contributed by atoms with E-state index in [-0.39, 0.29) is 41.8 Å². The molecule has 13 heteroatoms. The minimum Gasteiger partial charge on any atom is -0.494 e. The normalized spacial score (nSPS) is 20.6. The summed E-state index contributed by atoms with van der Waals surface area (Å²) < 4.78 is 6.45.